The van der Waals surface area contributed by atoms with E-state index in [1.54, 1.807) is 0 Å². The Morgan fingerprint density at radius 1 is 1.29 bits per heavy atom. The van der Waals surface area contributed by atoms with Crippen LogP contribution in [-0.4, -0.2) is 17.0 Å². The van der Waals surface area contributed by atoms with Crippen LogP contribution in [0.3, 0.4) is 0 Å². The van der Waals surface area contributed by atoms with Crippen LogP contribution in [0.2, 0.25) is 0 Å². The summed E-state index contributed by atoms with van der Waals surface area (Å²) in [5.74, 6) is 0. The van der Waals surface area contributed by atoms with Crippen LogP contribution in [-0.2, 0) is 0 Å². The van der Waals surface area contributed by atoms with Crippen LogP contribution in [0, 0.1) is 0 Å². The number of carbonyl (C=O) groups excluding carboxylic acids is 1. The normalized spacial score (nSPS) is 3.43. The van der Waals surface area contributed by atoms with Crippen molar-refractivity contribution in [2.75, 3.05) is 0 Å². The molecule has 7 heavy (non-hydrogen) atoms. The van der Waals surface area contributed by atoms with Crippen LogP contribution in [0.25, 0.3) is 0 Å². The van der Waals surface area contributed by atoms with Crippen LogP contribution < -0.4 is 62.9 Å². The number of rotatable bonds is 0. The van der Waals surface area contributed by atoms with Crippen molar-refractivity contribution in [1.29, 1.82) is 0 Å². The summed E-state index contributed by atoms with van der Waals surface area (Å²) < 4.78 is 0. The molecule has 0 radical (unpaired) electrons. The van der Waals surface area contributed by atoms with Gasteiger partial charge < -0.3 is 22.4 Å². The number of nitrogens with two attached hydrogens (primary N) is 2. The molecule has 0 spiro atoms. The second-order valence-corrected chi connectivity index (χ2v) is 0.402. The van der Waals surface area contributed by atoms with Crippen LogP contribution in [0.1, 0.15) is 0 Å². The van der Waals surface area contributed by atoms with Gasteiger partial charge in [-0.3, -0.25) is 0 Å². The molecule has 0 aliphatic carbocycles. The van der Waals surface area contributed by atoms with Crippen molar-refractivity contribution >= 4 is 6.03 Å². The molecule has 0 aromatic rings. The van der Waals surface area contributed by atoms with E-state index in [-0.39, 0.29) is 62.3 Å². The largest absolute Gasteiger partial charge is 1.00 e. The third kappa shape index (κ3) is 233. The van der Waals surface area contributed by atoms with E-state index in [0.717, 1.165) is 0 Å². The molecule has 0 fully saturated rings. The number of hydrogen-bond donors (Lipinski definition) is 2. The van der Waals surface area contributed by atoms with Crippen molar-refractivity contribution in [1.82, 2.24) is 0 Å². The Balaban J connectivity index is -0.0000000150. The van der Waals surface area contributed by atoms with E-state index < -0.39 is 6.03 Å². The number of carbonyl (C=O) groups is 1. The molecule has 0 aliphatic rings. The monoisotopic (exact) mass is 134 g/mol. The van der Waals surface area contributed by atoms with Gasteiger partial charge in [-0.15, -0.1) is 0 Å². The minimum Gasteiger partial charge on any atom is -0.870 e. The van der Waals surface area contributed by atoms with Crippen molar-refractivity contribution in [2.45, 2.75) is 0 Å². The standard InChI is InChI=1S/CH4N2O.K.2H2O/c2-1(3)4;;;/h(H4,2,3,4);;2*1H2/q;+1;;/p-1. The van der Waals surface area contributed by atoms with Gasteiger partial charge in [-0.05, 0) is 0 Å². The van der Waals surface area contributed by atoms with E-state index in [0.29, 0.717) is 0 Å². The SMILES string of the molecule is NC(N)=O.O.[K+].[OH-]. The molecule has 40 valence electrons. The number of urea groups is 1. The summed E-state index contributed by atoms with van der Waals surface area (Å²) in [6.07, 6.45) is 0. The topological polar surface area (TPSA) is 131 Å². The molecule has 0 rings (SSSR count). The summed E-state index contributed by atoms with van der Waals surface area (Å²) in [4.78, 5) is 9.00. The summed E-state index contributed by atoms with van der Waals surface area (Å²) in [6, 6.07) is -0.833. The fourth-order valence-electron chi connectivity index (χ4n) is 0. The maximum atomic E-state index is 9.00. The summed E-state index contributed by atoms with van der Waals surface area (Å²) in [7, 11) is 0. The maximum absolute atomic E-state index is 9.00. The van der Waals surface area contributed by atoms with Crippen molar-refractivity contribution in [3.63, 3.8) is 0 Å². The number of primary amides is 2. The quantitative estimate of drug-likeness (QED) is 0.321. The molecule has 0 heterocycles. The first-order valence-corrected chi connectivity index (χ1v) is 0.781. The van der Waals surface area contributed by atoms with Gasteiger partial charge in [0.05, 0.1) is 0 Å². The van der Waals surface area contributed by atoms with Crippen molar-refractivity contribution in [2.24, 2.45) is 11.5 Å². The molecule has 0 aliphatic heterocycles. The average Bonchev–Trinajstić information content (AvgIpc) is 0.811. The van der Waals surface area contributed by atoms with Gasteiger partial charge in [0.25, 0.3) is 0 Å². The smallest absolute Gasteiger partial charge is 0.870 e. The van der Waals surface area contributed by atoms with E-state index in [1.165, 1.54) is 0 Å². The van der Waals surface area contributed by atoms with Gasteiger partial charge in [0.2, 0.25) is 0 Å². The fraction of sp³-hybridized carbons (Fsp3) is 0. The zero-order valence-corrected chi connectivity index (χ0v) is 7.13. The predicted octanol–water partition coefficient (Wildman–Crippen LogP) is -4.97. The Labute approximate surface area is 83.5 Å². The van der Waals surface area contributed by atoms with E-state index in [9.17, 15) is 0 Å². The minimum absolute atomic E-state index is 0. The Morgan fingerprint density at radius 2 is 1.29 bits per heavy atom. The van der Waals surface area contributed by atoms with Gasteiger partial charge in [-0.2, -0.15) is 0 Å². The van der Waals surface area contributed by atoms with Crippen LogP contribution in [0.4, 0.5) is 4.79 Å². The zero-order valence-electron chi connectivity index (χ0n) is 4.01. The molecule has 7 N–H and O–H groups in total. The summed E-state index contributed by atoms with van der Waals surface area (Å²) in [6.45, 7) is 0. The van der Waals surface area contributed by atoms with Crippen LogP contribution in [0.15, 0.2) is 0 Å². The van der Waals surface area contributed by atoms with Crippen molar-refractivity contribution in [3.8, 4) is 0 Å². The molecule has 0 saturated heterocycles. The molecule has 0 bridgehead atoms. The van der Waals surface area contributed by atoms with Gasteiger partial charge in [-0.25, -0.2) is 4.79 Å². The predicted molar refractivity (Wildman–Crippen MR) is 19.3 cm³/mol. The van der Waals surface area contributed by atoms with Crippen molar-refractivity contribution in [3.05, 3.63) is 0 Å². The van der Waals surface area contributed by atoms with Gasteiger partial charge in [0, 0.05) is 0 Å². The molecule has 0 aromatic carbocycles. The van der Waals surface area contributed by atoms with Gasteiger partial charge in [-0.1, -0.05) is 0 Å². The number of hydrogen-bond acceptors (Lipinski definition) is 2. The van der Waals surface area contributed by atoms with Gasteiger partial charge in [0.1, 0.15) is 0 Å². The third-order valence-corrected chi connectivity index (χ3v) is 0. The summed E-state index contributed by atoms with van der Waals surface area (Å²) in [5.41, 5.74) is 8.50. The summed E-state index contributed by atoms with van der Waals surface area (Å²) in [5, 5.41) is 0. The third-order valence-electron chi connectivity index (χ3n) is 0. The molecule has 0 saturated carbocycles. The molecule has 2 amide bonds. The molecular formula is CH7KN2O3. The number of amides is 2. The molecule has 0 aromatic heterocycles. The first-order chi connectivity index (χ1) is 1.73. The van der Waals surface area contributed by atoms with E-state index in [1.807, 2.05) is 0 Å². The van der Waals surface area contributed by atoms with E-state index >= 15 is 0 Å². The molecule has 5 nitrogen and oxygen atoms in total. The first kappa shape index (κ1) is 24.9. The van der Waals surface area contributed by atoms with Gasteiger partial charge in [0.15, 0.2) is 0 Å². The second kappa shape index (κ2) is 15.8. The minimum atomic E-state index is -0.833. The maximum Gasteiger partial charge on any atom is 1.00 e. The molecule has 0 atom stereocenters. The van der Waals surface area contributed by atoms with Crippen LogP contribution in [0.5, 0.6) is 0 Å². The molecular weight excluding hydrogens is 127 g/mol. The molecule has 0 unspecified atom stereocenters. The second-order valence-electron chi connectivity index (χ2n) is 0.402. The first-order valence-electron chi connectivity index (χ1n) is 0.781. The van der Waals surface area contributed by atoms with Crippen molar-refractivity contribution < 1.29 is 67.1 Å². The van der Waals surface area contributed by atoms with Crippen LogP contribution >= 0.6 is 0 Å². The zero-order chi connectivity index (χ0) is 3.58. The molecule has 6 heteroatoms. The Hall–Kier alpha value is 0.826. The average molecular weight is 134 g/mol. The van der Waals surface area contributed by atoms with Gasteiger partial charge >= 0.3 is 57.4 Å². The van der Waals surface area contributed by atoms with E-state index in [2.05, 4.69) is 11.5 Å². The van der Waals surface area contributed by atoms with E-state index in [4.69, 9.17) is 4.79 Å². The Bertz CT molecular complexity index is 35.9. The fourth-order valence-corrected chi connectivity index (χ4v) is 0. The Kier molecular flexibility index (Phi) is 56.3. The summed E-state index contributed by atoms with van der Waals surface area (Å²) >= 11 is 0. The Morgan fingerprint density at radius 3 is 1.29 bits per heavy atom.